The van der Waals surface area contributed by atoms with Crippen molar-refractivity contribution in [3.8, 4) is 10.6 Å². The molecule has 0 aliphatic rings. The van der Waals surface area contributed by atoms with Crippen LogP contribution in [0.3, 0.4) is 0 Å². The van der Waals surface area contributed by atoms with Gasteiger partial charge >= 0.3 is 0 Å². The summed E-state index contributed by atoms with van der Waals surface area (Å²) in [6.07, 6.45) is 3.20. The maximum absolute atomic E-state index is 13.0. The molecule has 0 aliphatic heterocycles. The van der Waals surface area contributed by atoms with Gasteiger partial charge in [0.15, 0.2) is 0 Å². The second kappa shape index (κ2) is 7.41. The predicted molar refractivity (Wildman–Crippen MR) is 98.5 cm³/mol. The zero-order valence-electron chi connectivity index (χ0n) is 13.9. The van der Waals surface area contributed by atoms with Gasteiger partial charge in [0.25, 0.3) is 5.91 Å². The Morgan fingerprint density at radius 1 is 0.923 bits per heavy atom. The molecule has 3 heterocycles. The molecule has 130 valence electrons. The van der Waals surface area contributed by atoms with E-state index in [9.17, 15) is 4.79 Å². The summed E-state index contributed by atoms with van der Waals surface area (Å²) in [5, 5.41) is 2.62. The monoisotopic (exact) mass is 364 g/mol. The van der Waals surface area contributed by atoms with E-state index in [1.165, 1.54) is 11.3 Å². The van der Waals surface area contributed by atoms with Crippen molar-refractivity contribution in [2.24, 2.45) is 0 Å². The number of amides is 1. The number of carbonyl (C=O) groups excluding carboxylic acids is 1. The van der Waals surface area contributed by atoms with Crippen molar-refractivity contribution in [1.82, 2.24) is 9.88 Å². The van der Waals surface area contributed by atoms with Crippen LogP contribution in [0.1, 0.15) is 22.0 Å². The Kier molecular flexibility index (Phi) is 4.66. The zero-order chi connectivity index (χ0) is 17.8. The van der Waals surface area contributed by atoms with Crippen LogP contribution in [0.15, 0.2) is 81.3 Å². The minimum atomic E-state index is -0.156. The van der Waals surface area contributed by atoms with E-state index in [1.54, 1.807) is 34.9 Å². The molecule has 0 fully saturated rings. The van der Waals surface area contributed by atoms with Crippen LogP contribution in [0.4, 0.5) is 0 Å². The van der Waals surface area contributed by atoms with Gasteiger partial charge in [-0.25, -0.2) is 4.98 Å². The Morgan fingerprint density at radius 2 is 1.58 bits per heavy atom. The molecule has 4 aromatic rings. The largest absolute Gasteiger partial charge is 0.467 e. The van der Waals surface area contributed by atoms with E-state index in [0.29, 0.717) is 30.3 Å². The first kappa shape index (κ1) is 16.4. The fourth-order valence-corrected chi connectivity index (χ4v) is 3.43. The molecule has 0 radical (unpaired) electrons. The van der Waals surface area contributed by atoms with Crippen LogP contribution in [0, 0.1) is 0 Å². The van der Waals surface area contributed by atoms with Gasteiger partial charge in [0.2, 0.25) is 0 Å². The molecule has 0 unspecified atom stereocenters. The quantitative estimate of drug-likeness (QED) is 0.491. The van der Waals surface area contributed by atoms with Crippen LogP contribution >= 0.6 is 11.3 Å². The summed E-state index contributed by atoms with van der Waals surface area (Å²) in [5.41, 5.74) is 1.42. The van der Waals surface area contributed by atoms with E-state index in [1.807, 2.05) is 42.5 Å². The Labute approximate surface area is 154 Å². The van der Waals surface area contributed by atoms with Crippen LogP contribution in [0.5, 0.6) is 0 Å². The van der Waals surface area contributed by atoms with Crippen LogP contribution in [-0.4, -0.2) is 15.8 Å². The van der Waals surface area contributed by atoms with Crippen LogP contribution in [0.25, 0.3) is 10.6 Å². The van der Waals surface area contributed by atoms with Crippen LogP contribution in [0.2, 0.25) is 0 Å². The fraction of sp³-hybridized carbons (Fsp3) is 0.100. The van der Waals surface area contributed by atoms with E-state index >= 15 is 0 Å². The lowest BCUT2D eigenvalue weighted by Crippen LogP contribution is -2.30. The summed E-state index contributed by atoms with van der Waals surface area (Å²) in [4.78, 5) is 19.2. The molecule has 1 aromatic carbocycles. The van der Waals surface area contributed by atoms with E-state index in [0.717, 1.165) is 10.6 Å². The number of hydrogen-bond donors (Lipinski definition) is 0. The maximum atomic E-state index is 13.0. The number of hydrogen-bond acceptors (Lipinski definition) is 5. The molecule has 0 spiro atoms. The maximum Gasteiger partial charge on any atom is 0.274 e. The van der Waals surface area contributed by atoms with Gasteiger partial charge in [0, 0.05) is 10.9 Å². The first-order chi connectivity index (χ1) is 12.8. The Balaban J connectivity index is 1.58. The van der Waals surface area contributed by atoms with E-state index < -0.39 is 0 Å². The van der Waals surface area contributed by atoms with E-state index in [2.05, 4.69) is 4.98 Å². The SMILES string of the molecule is O=C(c1csc(-c2ccccc2)n1)N(Cc1ccco1)Cc1ccco1. The average Bonchev–Trinajstić information content (AvgIpc) is 3.44. The molecule has 4 rings (SSSR count). The van der Waals surface area contributed by atoms with Crippen molar-refractivity contribution in [3.05, 3.63) is 89.7 Å². The van der Waals surface area contributed by atoms with Gasteiger partial charge in [0.1, 0.15) is 22.2 Å². The third kappa shape index (κ3) is 3.60. The lowest BCUT2D eigenvalue weighted by atomic mass is 10.2. The van der Waals surface area contributed by atoms with Crippen molar-refractivity contribution in [3.63, 3.8) is 0 Å². The van der Waals surface area contributed by atoms with Crippen LogP contribution in [-0.2, 0) is 13.1 Å². The number of aromatic nitrogens is 1. The van der Waals surface area contributed by atoms with E-state index in [-0.39, 0.29) is 5.91 Å². The van der Waals surface area contributed by atoms with Crippen molar-refractivity contribution in [1.29, 1.82) is 0 Å². The van der Waals surface area contributed by atoms with Crippen molar-refractivity contribution < 1.29 is 13.6 Å². The number of furan rings is 2. The third-order valence-electron chi connectivity index (χ3n) is 3.88. The molecule has 0 saturated heterocycles. The number of carbonyl (C=O) groups is 1. The smallest absolute Gasteiger partial charge is 0.274 e. The highest BCUT2D eigenvalue weighted by Crippen LogP contribution is 2.24. The molecule has 5 nitrogen and oxygen atoms in total. The number of nitrogens with zero attached hydrogens (tertiary/aromatic N) is 2. The molecule has 0 atom stereocenters. The van der Waals surface area contributed by atoms with Gasteiger partial charge in [-0.3, -0.25) is 4.79 Å². The van der Waals surface area contributed by atoms with E-state index in [4.69, 9.17) is 8.83 Å². The Hall–Kier alpha value is -3.12. The molecule has 0 N–H and O–H groups in total. The molecular formula is C20H16N2O3S. The number of benzene rings is 1. The third-order valence-corrected chi connectivity index (χ3v) is 4.78. The van der Waals surface area contributed by atoms with Crippen molar-refractivity contribution in [2.45, 2.75) is 13.1 Å². The van der Waals surface area contributed by atoms with Gasteiger partial charge in [-0.05, 0) is 24.3 Å². The number of thiazole rings is 1. The highest BCUT2D eigenvalue weighted by molar-refractivity contribution is 7.13. The summed E-state index contributed by atoms with van der Waals surface area (Å²) in [7, 11) is 0. The van der Waals surface area contributed by atoms with Gasteiger partial charge in [-0.15, -0.1) is 11.3 Å². The molecule has 0 aliphatic carbocycles. The summed E-state index contributed by atoms with van der Waals surface area (Å²) >= 11 is 1.46. The summed E-state index contributed by atoms with van der Waals surface area (Å²) < 4.78 is 10.8. The molecule has 0 bridgehead atoms. The highest BCUT2D eigenvalue weighted by Gasteiger charge is 2.21. The normalized spacial score (nSPS) is 10.8. The standard InChI is InChI=1S/C20H16N2O3S/c23-20(18-14-26-19(21-18)15-6-2-1-3-7-15)22(12-16-8-4-10-24-16)13-17-9-5-11-25-17/h1-11,14H,12-13H2. The summed E-state index contributed by atoms with van der Waals surface area (Å²) in [5.74, 6) is 1.27. The topological polar surface area (TPSA) is 59.5 Å². The first-order valence-corrected chi connectivity index (χ1v) is 9.02. The first-order valence-electron chi connectivity index (χ1n) is 8.14. The van der Waals surface area contributed by atoms with Gasteiger partial charge in [0.05, 0.1) is 25.6 Å². The van der Waals surface area contributed by atoms with Gasteiger partial charge in [-0.1, -0.05) is 30.3 Å². The second-order valence-corrected chi connectivity index (χ2v) is 6.58. The second-order valence-electron chi connectivity index (χ2n) is 5.72. The highest BCUT2D eigenvalue weighted by atomic mass is 32.1. The predicted octanol–water partition coefficient (Wildman–Crippen LogP) is 4.84. The molecule has 3 aromatic heterocycles. The van der Waals surface area contributed by atoms with Crippen molar-refractivity contribution in [2.75, 3.05) is 0 Å². The summed E-state index contributed by atoms with van der Waals surface area (Å²) in [6, 6.07) is 17.1. The molecular weight excluding hydrogens is 348 g/mol. The average molecular weight is 364 g/mol. The van der Waals surface area contributed by atoms with Gasteiger partial charge < -0.3 is 13.7 Å². The molecule has 1 amide bonds. The molecule has 0 saturated carbocycles. The fourth-order valence-electron chi connectivity index (χ4n) is 2.63. The Morgan fingerprint density at radius 3 is 2.15 bits per heavy atom. The number of rotatable bonds is 6. The minimum absolute atomic E-state index is 0.156. The lowest BCUT2D eigenvalue weighted by Gasteiger charge is -2.19. The Bertz CT molecular complexity index is 924. The molecule has 6 heteroatoms. The summed E-state index contributed by atoms with van der Waals surface area (Å²) in [6.45, 7) is 0.704. The minimum Gasteiger partial charge on any atom is -0.467 e. The zero-order valence-corrected chi connectivity index (χ0v) is 14.7. The van der Waals surface area contributed by atoms with Crippen molar-refractivity contribution >= 4 is 17.2 Å². The lowest BCUT2D eigenvalue weighted by molar-refractivity contribution is 0.0700. The van der Waals surface area contributed by atoms with Gasteiger partial charge in [-0.2, -0.15) is 0 Å². The molecule has 26 heavy (non-hydrogen) atoms. The van der Waals surface area contributed by atoms with Crippen LogP contribution < -0.4 is 0 Å².